The Hall–Kier alpha value is -3.42. The number of hydrogen-bond acceptors (Lipinski definition) is 6. The molecule has 8 nitrogen and oxygen atoms in total. The molecule has 8 heteroatoms. The molecule has 1 unspecified atom stereocenters. The Morgan fingerprint density at radius 2 is 1.71 bits per heavy atom. The van der Waals surface area contributed by atoms with Gasteiger partial charge in [-0.2, -0.15) is 5.10 Å². The van der Waals surface area contributed by atoms with Crippen LogP contribution in [0.5, 0.6) is 0 Å². The zero-order valence-corrected chi connectivity index (χ0v) is 26.6. The molecule has 1 aliphatic heterocycles. The summed E-state index contributed by atoms with van der Waals surface area (Å²) in [5.74, 6) is -0.363. The summed E-state index contributed by atoms with van der Waals surface area (Å²) in [4.78, 5) is 42.8. The number of hydrazone groups is 1. The topological polar surface area (TPSA) is 102 Å². The lowest BCUT2D eigenvalue weighted by Gasteiger charge is -2.28. The van der Waals surface area contributed by atoms with E-state index in [9.17, 15) is 19.5 Å². The van der Waals surface area contributed by atoms with Crippen molar-refractivity contribution in [2.45, 2.75) is 100.0 Å². The SMILES string of the molecule is CCN(CC)c1ccc(C2=C(O)/C(=C3\C(=O)N(C(C)C(C)C)N=C3CCC3CCCC3)C2=O)c(NC(=O)C(C)(C)C)c1. The second-order valence-electron chi connectivity index (χ2n) is 13.3. The molecule has 1 heterocycles. The molecule has 228 valence electrons. The number of aliphatic hydroxyl groups excluding tert-OH is 1. The average molecular weight is 577 g/mol. The fraction of sp³-hybridized carbons (Fsp3) is 0.588. The van der Waals surface area contributed by atoms with Gasteiger partial charge in [0.25, 0.3) is 5.91 Å². The van der Waals surface area contributed by atoms with E-state index in [0.29, 0.717) is 29.3 Å². The highest BCUT2D eigenvalue weighted by Crippen LogP contribution is 2.44. The van der Waals surface area contributed by atoms with Crippen molar-refractivity contribution in [1.29, 1.82) is 0 Å². The van der Waals surface area contributed by atoms with Gasteiger partial charge in [0.1, 0.15) is 5.76 Å². The first-order valence-electron chi connectivity index (χ1n) is 15.6. The number of nitrogens with zero attached hydrogens (tertiary/aromatic N) is 3. The van der Waals surface area contributed by atoms with Crippen LogP contribution in [0.3, 0.4) is 0 Å². The fourth-order valence-corrected chi connectivity index (χ4v) is 5.92. The summed E-state index contributed by atoms with van der Waals surface area (Å²) in [6.45, 7) is 17.2. The van der Waals surface area contributed by atoms with E-state index in [1.54, 1.807) is 6.07 Å². The largest absolute Gasteiger partial charge is 0.506 e. The minimum atomic E-state index is -0.660. The summed E-state index contributed by atoms with van der Waals surface area (Å²) in [6, 6.07) is 5.38. The van der Waals surface area contributed by atoms with Crippen LogP contribution in [0.25, 0.3) is 5.57 Å². The number of Topliss-reactive ketones (excluding diaryl/α,β-unsaturated/α-hetero) is 1. The maximum atomic E-state index is 13.9. The highest BCUT2D eigenvalue weighted by Gasteiger charge is 2.45. The first-order chi connectivity index (χ1) is 19.8. The molecule has 2 amide bonds. The minimum absolute atomic E-state index is 0.0412. The molecule has 3 aliphatic rings. The van der Waals surface area contributed by atoms with Gasteiger partial charge in [0.15, 0.2) is 0 Å². The molecule has 1 aromatic rings. The Morgan fingerprint density at radius 3 is 2.26 bits per heavy atom. The lowest BCUT2D eigenvalue weighted by atomic mass is 9.78. The van der Waals surface area contributed by atoms with Crippen LogP contribution in [-0.4, -0.2) is 52.6 Å². The van der Waals surface area contributed by atoms with Gasteiger partial charge in [0, 0.05) is 29.8 Å². The van der Waals surface area contributed by atoms with E-state index in [-0.39, 0.29) is 46.3 Å². The first kappa shape index (κ1) is 31.5. The molecular weight excluding hydrogens is 528 g/mol. The lowest BCUT2D eigenvalue weighted by molar-refractivity contribution is -0.128. The van der Waals surface area contributed by atoms with Gasteiger partial charge >= 0.3 is 0 Å². The van der Waals surface area contributed by atoms with E-state index in [1.165, 1.54) is 30.7 Å². The van der Waals surface area contributed by atoms with E-state index in [0.717, 1.165) is 25.2 Å². The Morgan fingerprint density at radius 1 is 1.07 bits per heavy atom. The van der Waals surface area contributed by atoms with E-state index in [1.807, 2.05) is 53.7 Å². The van der Waals surface area contributed by atoms with Crippen molar-refractivity contribution < 1.29 is 19.5 Å². The number of nitrogens with one attached hydrogen (secondary N) is 1. The van der Waals surface area contributed by atoms with E-state index < -0.39 is 11.2 Å². The molecule has 2 N–H and O–H groups in total. The number of amides is 2. The Labute approximate surface area is 250 Å². The molecule has 0 saturated heterocycles. The van der Waals surface area contributed by atoms with E-state index >= 15 is 0 Å². The number of anilines is 2. The van der Waals surface area contributed by atoms with Crippen LogP contribution in [-0.2, 0) is 14.4 Å². The maximum absolute atomic E-state index is 13.9. The number of allylic oxidation sites excluding steroid dienone is 2. The van der Waals surface area contributed by atoms with Crippen LogP contribution in [0.15, 0.2) is 40.2 Å². The van der Waals surface area contributed by atoms with E-state index in [2.05, 4.69) is 24.1 Å². The second-order valence-corrected chi connectivity index (χ2v) is 13.3. The van der Waals surface area contributed by atoms with Crippen LogP contribution in [0.1, 0.15) is 99.5 Å². The summed E-state index contributed by atoms with van der Waals surface area (Å²) in [6.07, 6.45) is 6.33. The average Bonchev–Trinajstić information content (AvgIpc) is 3.57. The van der Waals surface area contributed by atoms with Crippen molar-refractivity contribution in [3.8, 4) is 0 Å². The highest BCUT2D eigenvalue weighted by atomic mass is 16.3. The number of ketones is 1. The van der Waals surface area contributed by atoms with Crippen LogP contribution >= 0.6 is 0 Å². The number of rotatable bonds is 10. The van der Waals surface area contributed by atoms with Crippen LogP contribution in [0.4, 0.5) is 11.4 Å². The van der Waals surface area contributed by atoms with Crippen LogP contribution in [0, 0.1) is 17.3 Å². The van der Waals surface area contributed by atoms with Gasteiger partial charge in [-0.1, -0.05) is 60.3 Å². The molecule has 1 saturated carbocycles. The predicted octanol–water partition coefficient (Wildman–Crippen LogP) is 6.88. The van der Waals surface area contributed by atoms with Crippen molar-refractivity contribution in [2.24, 2.45) is 22.4 Å². The second kappa shape index (κ2) is 12.4. The van der Waals surface area contributed by atoms with Gasteiger partial charge in [0.05, 0.1) is 34.2 Å². The van der Waals surface area contributed by atoms with Gasteiger partial charge in [-0.3, -0.25) is 14.4 Å². The van der Waals surface area contributed by atoms with Crippen LogP contribution < -0.4 is 10.2 Å². The Balaban J connectivity index is 1.78. The number of hydrogen-bond donors (Lipinski definition) is 2. The zero-order chi connectivity index (χ0) is 30.9. The zero-order valence-electron chi connectivity index (χ0n) is 26.6. The normalized spacial score (nSPS) is 20.4. The number of carbonyl (C=O) groups excluding carboxylic acids is 3. The molecule has 42 heavy (non-hydrogen) atoms. The Kier molecular flexibility index (Phi) is 9.33. The minimum Gasteiger partial charge on any atom is -0.506 e. The predicted molar refractivity (Wildman–Crippen MR) is 169 cm³/mol. The molecule has 0 radical (unpaired) electrons. The molecule has 0 spiro atoms. The molecule has 1 fully saturated rings. The molecule has 4 rings (SSSR count). The number of carbonyl (C=O) groups is 3. The number of aliphatic hydroxyl groups is 1. The summed E-state index contributed by atoms with van der Waals surface area (Å²) in [5.41, 5.74) is 2.12. The lowest BCUT2D eigenvalue weighted by Crippen LogP contribution is -2.36. The summed E-state index contributed by atoms with van der Waals surface area (Å²) < 4.78 is 0. The molecule has 1 atom stereocenters. The molecule has 2 aliphatic carbocycles. The monoisotopic (exact) mass is 576 g/mol. The van der Waals surface area contributed by atoms with Crippen molar-refractivity contribution in [3.63, 3.8) is 0 Å². The van der Waals surface area contributed by atoms with E-state index in [4.69, 9.17) is 5.10 Å². The smallest absolute Gasteiger partial charge is 0.277 e. The van der Waals surface area contributed by atoms with Gasteiger partial charge in [0.2, 0.25) is 11.7 Å². The third-order valence-electron chi connectivity index (χ3n) is 9.06. The van der Waals surface area contributed by atoms with Gasteiger partial charge in [-0.25, -0.2) is 5.01 Å². The molecule has 0 bridgehead atoms. The van der Waals surface area contributed by atoms with Crippen molar-refractivity contribution >= 4 is 40.3 Å². The fourth-order valence-electron chi connectivity index (χ4n) is 5.92. The van der Waals surface area contributed by atoms with Crippen molar-refractivity contribution in [1.82, 2.24) is 5.01 Å². The van der Waals surface area contributed by atoms with Crippen LogP contribution in [0.2, 0.25) is 0 Å². The maximum Gasteiger partial charge on any atom is 0.277 e. The Bertz CT molecular complexity index is 1340. The first-order valence-corrected chi connectivity index (χ1v) is 15.6. The van der Waals surface area contributed by atoms with Gasteiger partial charge in [-0.05, 0) is 63.6 Å². The van der Waals surface area contributed by atoms with Crippen molar-refractivity contribution in [2.75, 3.05) is 23.3 Å². The third kappa shape index (κ3) is 6.04. The summed E-state index contributed by atoms with van der Waals surface area (Å²) in [5, 5.41) is 20.7. The number of benzene rings is 1. The molecule has 0 aromatic heterocycles. The van der Waals surface area contributed by atoms with Crippen molar-refractivity contribution in [3.05, 3.63) is 40.7 Å². The quantitative estimate of drug-likeness (QED) is 0.296. The highest BCUT2D eigenvalue weighted by molar-refractivity contribution is 6.44. The van der Waals surface area contributed by atoms with Gasteiger partial charge in [-0.15, -0.1) is 0 Å². The third-order valence-corrected chi connectivity index (χ3v) is 9.06. The van der Waals surface area contributed by atoms with Gasteiger partial charge < -0.3 is 15.3 Å². The molecule has 1 aromatic carbocycles. The summed E-state index contributed by atoms with van der Waals surface area (Å²) >= 11 is 0. The standard InChI is InChI=1S/C34H48N4O4/c1-9-37(10-2)23-16-17-24(26(19-23)35-33(42)34(6,7)8)27-30(39)29(31(27)40)28-25(18-15-22-13-11-12-14-22)36-38(32(28)41)21(5)20(3)4/h16-17,19-22,39H,9-15,18H2,1-8H3,(H,35,42)/b29-28+. The summed E-state index contributed by atoms with van der Waals surface area (Å²) in [7, 11) is 0. The molecular formula is C34H48N4O4.